The molecule has 1 aromatic carbocycles. The Balaban J connectivity index is 1.84. The number of benzene rings is 1. The molecule has 0 bridgehead atoms. The fourth-order valence-corrected chi connectivity index (χ4v) is 4.59. The minimum atomic E-state index is -0.948. The predicted octanol–water partition coefficient (Wildman–Crippen LogP) is 2.40. The Morgan fingerprint density at radius 1 is 1.21 bits per heavy atom. The summed E-state index contributed by atoms with van der Waals surface area (Å²) in [5.41, 5.74) is 12.7. The second-order valence-corrected chi connectivity index (χ2v) is 7.50. The smallest absolute Gasteiger partial charge is 0.408 e. The van der Waals surface area contributed by atoms with E-state index in [2.05, 4.69) is 0 Å². The Labute approximate surface area is 172 Å². The molecule has 2 aromatic rings. The highest BCUT2D eigenvalue weighted by Gasteiger charge is 2.49. The van der Waals surface area contributed by atoms with E-state index in [0.29, 0.717) is 42.7 Å². The van der Waals surface area contributed by atoms with Crippen molar-refractivity contribution in [2.24, 2.45) is 11.5 Å². The highest BCUT2D eigenvalue weighted by atomic mass is 35.5. The van der Waals surface area contributed by atoms with Gasteiger partial charge in [0.2, 0.25) is 0 Å². The second kappa shape index (κ2) is 7.58. The first-order chi connectivity index (χ1) is 13.9. The van der Waals surface area contributed by atoms with Gasteiger partial charge in [-0.1, -0.05) is 41.9 Å². The lowest BCUT2D eigenvalue weighted by Gasteiger charge is -2.41. The third-order valence-corrected chi connectivity index (χ3v) is 5.88. The number of carbonyl (C=O) groups is 2. The topological polar surface area (TPSA) is 119 Å². The Hall–Kier alpha value is -2.75. The Morgan fingerprint density at radius 2 is 1.97 bits per heavy atom. The molecule has 2 unspecified atom stereocenters. The fraction of sp³-hybridized carbons (Fsp3) is 0.368. The number of hydroxylamine groups is 3. The lowest BCUT2D eigenvalue weighted by atomic mass is 10.1. The van der Waals surface area contributed by atoms with E-state index in [-0.39, 0.29) is 23.0 Å². The van der Waals surface area contributed by atoms with Crippen LogP contribution in [0.4, 0.5) is 9.59 Å². The maximum Gasteiger partial charge on any atom is 0.459 e. The normalized spacial score (nSPS) is 23.4. The number of rotatable bonds is 4. The third-order valence-electron chi connectivity index (χ3n) is 5.49. The van der Waals surface area contributed by atoms with Crippen LogP contribution in [0.25, 0.3) is 11.1 Å². The molecule has 2 amide bonds. The molecule has 0 spiro atoms. The molecule has 4 rings (SSSR count). The van der Waals surface area contributed by atoms with Crippen LogP contribution in [0.5, 0.6) is 5.75 Å². The van der Waals surface area contributed by atoms with Gasteiger partial charge in [-0.15, -0.1) is 4.65 Å². The summed E-state index contributed by atoms with van der Waals surface area (Å²) in [5, 5.41) is 0.432. The van der Waals surface area contributed by atoms with Crippen molar-refractivity contribution >= 4 is 23.8 Å². The maximum atomic E-state index is 11.7. The number of quaternary nitrogens is 1. The Morgan fingerprint density at radius 3 is 2.59 bits per heavy atom. The third kappa shape index (κ3) is 3.52. The molecule has 4 N–H and O–H groups in total. The number of carbonyl (C=O) groups excluding carboxylic acids is 2. The van der Waals surface area contributed by atoms with Crippen LogP contribution in [-0.4, -0.2) is 47.2 Å². The second-order valence-electron chi connectivity index (χ2n) is 7.14. The number of halogens is 1. The molecule has 1 fully saturated rings. The van der Waals surface area contributed by atoms with Gasteiger partial charge in [-0.25, -0.2) is 9.59 Å². The van der Waals surface area contributed by atoms with Gasteiger partial charge in [-0.3, -0.25) is 4.84 Å². The first-order valence-corrected chi connectivity index (χ1v) is 9.66. The molecule has 29 heavy (non-hydrogen) atoms. The number of nitrogens with two attached hydrogens (primary N) is 2. The average molecular weight is 422 g/mol. The van der Waals surface area contributed by atoms with Gasteiger partial charge in [0, 0.05) is 6.42 Å². The fourth-order valence-electron chi connectivity index (χ4n) is 4.21. The number of hydrogen-bond acceptors (Lipinski definition) is 5. The molecule has 1 saturated heterocycles. The molecule has 0 saturated carbocycles. The highest BCUT2D eigenvalue weighted by Crippen LogP contribution is 2.45. The van der Waals surface area contributed by atoms with Crippen LogP contribution >= 0.6 is 11.6 Å². The molecule has 2 aliphatic heterocycles. The summed E-state index contributed by atoms with van der Waals surface area (Å²) in [5.74, 6) is 0.267. The van der Waals surface area contributed by atoms with Gasteiger partial charge in [0.15, 0.2) is 18.3 Å². The van der Waals surface area contributed by atoms with Crippen LogP contribution in [0.2, 0.25) is 5.15 Å². The largest absolute Gasteiger partial charge is 0.459 e. The van der Waals surface area contributed by atoms with Gasteiger partial charge in [0.1, 0.15) is 24.0 Å². The summed E-state index contributed by atoms with van der Waals surface area (Å²) < 4.78 is 12.7. The minimum Gasteiger partial charge on any atom is -0.408 e. The summed E-state index contributed by atoms with van der Waals surface area (Å²) >= 11 is 6.69. The number of amides is 2. The van der Waals surface area contributed by atoms with Gasteiger partial charge in [0.05, 0.1) is 18.7 Å². The SMILES string of the molecule is NC(=O)Oc1c(-c2ccccc2)c(Cl)n2c1C[N+](OC(N)=O)(C1CCOC1)CC2. The molecule has 2 atom stereocenters. The standard InChI is InChI=1S/C19H21ClN4O5/c20-17-15(12-4-2-1-3-5-12)16(28-18(21)25)14-10-24(29-19(22)26,8-7-23(14)17)13-6-9-27-11-13/h1-5,13H,6-11H2,(H3-,21,22,25,26)/p+1. The zero-order chi connectivity index (χ0) is 20.6. The Bertz CT molecular complexity index is 942. The van der Waals surface area contributed by atoms with E-state index in [1.807, 2.05) is 34.9 Å². The van der Waals surface area contributed by atoms with Crippen LogP contribution in [-0.2, 0) is 22.7 Å². The lowest BCUT2D eigenvalue weighted by Crippen LogP contribution is -2.60. The van der Waals surface area contributed by atoms with Crippen LogP contribution in [0.1, 0.15) is 12.1 Å². The van der Waals surface area contributed by atoms with E-state index < -0.39 is 12.2 Å². The van der Waals surface area contributed by atoms with Gasteiger partial charge in [0.25, 0.3) is 0 Å². The first-order valence-electron chi connectivity index (χ1n) is 9.28. The number of nitrogens with zero attached hydrogens (tertiary/aromatic N) is 2. The van der Waals surface area contributed by atoms with Crippen molar-refractivity contribution in [3.05, 3.63) is 41.2 Å². The summed E-state index contributed by atoms with van der Waals surface area (Å²) in [6, 6.07) is 9.27. The maximum absolute atomic E-state index is 11.7. The predicted molar refractivity (Wildman–Crippen MR) is 104 cm³/mol. The summed E-state index contributed by atoms with van der Waals surface area (Å²) in [7, 11) is 0. The summed E-state index contributed by atoms with van der Waals surface area (Å²) in [6.45, 7) is 2.16. The number of ether oxygens (including phenoxy) is 2. The molecular weight excluding hydrogens is 400 g/mol. The van der Waals surface area contributed by atoms with Crippen molar-refractivity contribution in [1.29, 1.82) is 0 Å². The number of aromatic nitrogens is 1. The molecule has 9 nitrogen and oxygen atoms in total. The van der Waals surface area contributed by atoms with Crippen molar-refractivity contribution in [1.82, 2.24) is 4.57 Å². The van der Waals surface area contributed by atoms with Crippen molar-refractivity contribution in [3.63, 3.8) is 0 Å². The molecular formula is C19H22ClN4O5+. The van der Waals surface area contributed by atoms with Gasteiger partial charge in [-0.2, -0.15) is 0 Å². The summed E-state index contributed by atoms with van der Waals surface area (Å²) in [4.78, 5) is 29.0. The average Bonchev–Trinajstić information content (AvgIpc) is 3.30. The zero-order valence-electron chi connectivity index (χ0n) is 15.7. The van der Waals surface area contributed by atoms with E-state index in [4.69, 9.17) is 37.4 Å². The van der Waals surface area contributed by atoms with E-state index >= 15 is 0 Å². The first kappa shape index (κ1) is 19.6. The molecule has 1 aromatic heterocycles. The van der Waals surface area contributed by atoms with Crippen LogP contribution in [0.15, 0.2) is 30.3 Å². The molecule has 0 aliphatic carbocycles. The van der Waals surface area contributed by atoms with Crippen molar-refractivity contribution < 1.29 is 28.5 Å². The van der Waals surface area contributed by atoms with Crippen LogP contribution in [0.3, 0.4) is 0 Å². The lowest BCUT2D eigenvalue weighted by molar-refractivity contribution is -1.12. The van der Waals surface area contributed by atoms with E-state index in [0.717, 1.165) is 12.0 Å². The van der Waals surface area contributed by atoms with Crippen LogP contribution < -0.4 is 16.2 Å². The molecule has 10 heteroatoms. The van der Waals surface area contributed by atoms with Crippen molar-refractivity contribution in [3.8, 4) is 16.9 Å². The van der Waals surface area contributed by atoms with Crippen molar-refractivity contribution in [2.75, 3.05) is 19.8 Å². The molecule has 0 radical (unpaired) electrons. The number of primary amides is 2. The van der Waals surface area contributed by atoms with E-state index in [9.17, 15) is 9.59 Å². The Kier molecular flexibility index (Phi) is 5.12. The zero-order valence-corrected chi connectivity index (χ0v) is 16.4. The molecule has 3 heterocycles. The van der Waals surface area contributed by atoms with Gasteiger partial charge in [-0.05, 0) is 5.56 Å². The molecule has 154 valence electrons. The van der Waals surface area contributed by atoms with Crippen LogP contribution in [0, 0.1) is 0 Å². The minimum absolute atomic E-state index is 0.0426. The van der Waals surface area contributed by atoms with E-state index in [1.54, 1.807) is 0 Å². The number of fused-ring (bicyclic) bond motifs is 1. The van der Waals surface area contributed by atoms with Gasteiger partial charge >= 0.3 is 12.2 Å². The monoisotopic (exact) mass is 421 g/mol. The van der Waals surface area contributed by atoms with E-state index in [1.165, 1.54) is 0 Å². The number of hydrogen-bond donors (Lipinski definition) is 2. The van der Waals surface area contributed by atoms with Crippen molar-refractivity contribution in [2.45, 2.75) is 25.6 Å². The van der Waals surface area contributed by atoms with Gasteiger partial charge < -0.3 is 25.5 Å². The molecule has 2 aliphatic rings. The quantitative estimate of drug-likeness (QED) is 0.734. The summed E-state index contributed by atoms with van der Waals surface area (Å²) in [6.07, 6.45) is -1.10. The highest BCUT2D eigenvalue weighted by molar-refractivity contribution is 6.33.